The van der Waals surface area contributed by atoms with E-state index in [0.29, 0.717) is 49.2 Å². The average Bonchev–Trinajstić information content (AvgIpc) is 3.54. The van der Waals surface area contributed by atoms with Gasteiger partial charge < -0.3 is 15.2 Å². The van der Waals surface area contributed by atoms with Gasteiger partial charge in [0.25, 0.3) is 0 Å². The smallest absolute Gasteiger partial charge is 0.228 e. The molecule has 2 N–H and O–H groups in total. The van der Waals surface area contributed by atoms with Gasteiger partial charge in [0.15, 0.2) is 0 Å². The maximum absolute atomic E-state index is 13.8. The van der Waals surface area contributed by atoms with E-state index in [-0.39, 0.29) is 29.4 Å². The summed E-state index contributed by atoms with van der Waals surface area (Å²) in [7, 11) is 2.12. The van der Waals surface area contributed by atoms with E-state index in [0.717, 1.165) is 63.6 Å². The highest BCUT2D eigenvalue weighted by Crippen LogP contribution is 2.47. The van der Waals surface area contributed by atoms with Crippen molar-refractivity contribution in [3.8, 4) is 5.88 Å². The quantitative estimate of drug-likeness (QED) is 0.614. The van der Waals surface area contributed by atoms with Gasteiger partial charge in [0.2, 0.25) is 17.5 Å². The fourth-order valence-electron chi connectivity index (χ4n) is 6.52. The zero-order valence-electron chi connectivity index (χ0n) is 21.1. The van der Waals surface area contributed by atoms with Gasteiger partial charge in [0.1, 0.15) is 11.9 Å². The maximum atomic E-state index is 13.8. The van der Waals surface area contributed by atoms with Crippen LogP contribution in [0.2, 0.25) is 0 Å². The highest BCUT2D eigenvalue weighted by atomic mass is 16.5. The van der Waals surface area contributed by atoms with Gasteiger partial charge in [-0.25, -0.2) is 4.98 Å². The molecule has 3 heterocycles. The summed E-state index contributed by atoms with van der Waals surface area (Å²) in [4.78, 5) is 38.3. The number of likely N-dealkylation sites (tertiary alicyclic amines) is 1. The molecule has 1 aromatic heterocycles. The van der Waals surface area contributed by atoms with E-state index in [2.05, 4.69) is 23.9 Å². The zero-order chi connectivity index (χ0) is 24.6. The van der Waals surface area contributed by atoms with Crippen LogP contribution in [0.1, 0.15) is 93.4 Å². The summed E-state index contributed by atoms with van der Waals surface area (Å²) in [6.45, 7) is 4.38. The first kappa shape index (κ1) is 24.4. The van der Waals surface area contributed by atoms with Crippen LogP contribution in [0.25, 0.3) is 0 Å². The Labute approximate surface area is 207 Å². The molecule has 0 amide bonds. The fraction of sp³-hybridized carbons (Fsp3) is 0.704. The molecule has 8 heteroatoms. The van der Waals surface area contributed by atoms with Crippen LogP contribution in [-0.4, -0.2) is 65.4 Å². The summed E-state index contributed by atoms with van der Waals surface area (Å²) in [6, 6.07) is 2.18. The number of likely N-dealkylation sites (N-methyl/N-ethyl adjacent to an activating group) is 1. The topological polar surface area (TPSA) is 108 Å². The molecule has 4 aliphatic rings. The lowest BCUT2D eigenvalue weighted by Gasteiger charge is -2.40. The van der Waals surface area contributed by atoms with E-state index < -0.39 is 5.41 Å². The number of Topliss-reactive ketones (excluding diaryl/α,β-unsaturated/α-hetero) is 2. The first-order valence-electron chi connectivity index (χ1n) is 13.3. The van der Waals surface area contributed by atoms with Crippen LogP contribution < -0.4 is 10.5 Å². The fourth-order valence-corrected chi connectivity index (χ4v) is 6.52. The molecule has 35 heavy (non-hydrogen) atoms. The molecule has 190 valence electrons. The Hall–Kier alpha value is -2.32. The molecule has 0 radical (unpaired) electrons. The highest BCUT2D eigenvalue weighted by Gasteiger charge is 2.46. The SMILES string of the molecule is C[C@H](Oc1cc([C@@H]2CCOC2)nc(C(=O)C2=C(N)[C@]3(CCCCC3=O)CCC2)n1)[C@@H]1CCCN1C. The van der Waals surface area contributed by atoms with Gasteiger partial charge in [0, 0.05) is 42.3 Å². The lowest BCUT2D eigenvalue weighted by atomic mass is 9.64. The van der Waals surface area contributed by atoms with Crippen molar-refractivity contribution in [3.63, 3.8) is 0 Å². The van der Waals surface area contributed by atoms with Crippen LogP contribution in [0.15, 0.2) is 17.3 Å². The van der Waals surface area contributed by atoms with E-state index in [1.807, 2.05) is 6.07 Å². The Morgan fingerprint density at radius 3 is 2.74 bits per heavy atom. The van der Waals surface area contributed by atoms with Crippen molar-refractivity contribution >= 4 is 11.6 Å². The minimum absolute atomic E-state index is 0.0601. The third kappa shape index (κ3) is 4.62. The van der Waals surface area contributed by atoms with Crippen molar-refractivity contribution in [2.75, 3.05) is 26.8 Å². The summed E-state index contributed by atoms with van der Waals surface area (Å²) in [5, 5.41) is 0. The highest BCUT2D eigenvalue weighted by molar-refractivity contribution is 6.08. The van der Waals surface area contributed by atoms with Crippen LogP contribution in [0.4, 0.5) is 0 Å². The van der Waals surface area contributed by atoms with E-state index in [1.165, 1.54) is 0 Å². The lowest BCUT2D eigenvalue weighted by molar-refractivity contribution is -0.129. The Morgan fingerprint density at radius 1 is 1.20 bits per heavy atom. The van der Waals surface area contributed by atoms with Gasteiger partial charge in [-0.2, -0.15) is 4.98 Å². The Bertz CT molecular complexity index is 1020. The van der Waals surface area contributed by atoms with Crippen LogP contribution >= 0.6 is 0 Å². The zero-order valence-corrected chi connectivity index (χ0v) is 21.1. The largest absolute Gasteiger partial charge is 0.473 e. The number of nitrogens with zero attached hydrogens (tertiary/aromatic N) is 3. The summed E-state index contributed by atoms with van der Waals surface area (Å²) in [6.07, 6.45) is 8.24. The molecular weight excluding hydrogens is 444 g/mol. The first-order valence-corrected chi connectivity index (χ1v) is 13.3. The third-order valence-electron chi connectivity index (χ3n) is 8.64. The van der Waals surface area contributed by atoms with Crippen molar-refractivity contribution < 1.29 is 19.1 Å². The second-order valence-electron chi connectivity index (χ2n) is 10.8. The normalized spacial score (nSPS) is 30.7. The maximum Gasteiger partial charge on any atom is 0.228 e. The predicted octanol–water partition coefficient (Wildman–Crippen LogP) is 3.55. The van der Waals surface area contributed by atoms with Gasteiger partial charge in [-0.15, -0.1) is 0 Å². The molecule has 2 aliphatic heterocycles. The standard InChI is InChI=1S/C27H38N4O4/c1-17(21-8-6-13-31(21)2)35-23-15-20(18-10-14-34-16-18)29-26(30-23)24(33)19-7-5-12-27(25(19)28)11-4-3-9-22(27)32/h15,17-18,21H,3-14,16,28H2,1-2H3/t17-,18+,21-,27+/m0/s1. The van der Waals surface area contributed by atoms with E-state index in [9.17, 15) is 9.59 Å². The van der Waals surface area contributed by atoms with Crippen molar-refractivity contribution in [2.45, 2.75) is 89.2 Å². The molecule has 0 bridgehead atoms. The molecule has 8 nitrogen and oxygen atoms in total. The van der Waals surface area contributed by atoms with Crippen molar-refractivity contribution in [3.05, 3.63) is 28.9 Å². The number of carbonyl (C=O) groups excluding carboxylic acids is 2. The molecule has 0 aromatic carbocycles. The van der Waals surface area contributed by atoms with Gasteiger partial charge in [-0.1, -0.05) is 6.42 Å². The van der Waals surface area contributed by atoms with E-state index >= 15 is 0 Å². The van der Waals surface area contributed by atoms with Crippen molar-refractivity contribution in [1.29, 1.82) is 0 Å². The monoisotopic (exact) mass is 482 g/mol. The number of allylic oxidation sites excluding steroid dienone is 2. The number of ether oxygens (including phenoxy) is 2. The Kier molecular flexibility index (Phi) is 6.95. The van der Waals surface area contributed by atoms with Gasteiger partial charge in [-0.3, -0.25) is 14.5 Å². The van der Waals surface area contributed by atoms with Crippen LogP contribution in [0.3, 0.4) is 0 Å². The first-order chi connectivity index (χ1) is 16.9. The molecule has 3 fully saturated rings. The number of hydrogen-bond acceptors (Lipinski definition) is 8. The van der Waals surface area contributed by atoms with Crippen molar-refractivity contribution in [1.82, 2.24) is 14.9 Å². The number of aromatic nitrogens is 2. The molecule has 1 saturated carbocycles. The lowest BCUT2D eigenvalue weighted by Crippen LogP contribution is -2.42. The second-order valence-corrected chi connectivity index (χ2v) is 10.8. The molecule has 2 aliphatic carbocycles. The summed E-state index contributed by atoms with van der Waals surface area (Å²) in [5.74, 6) is 0.574. The Morgan fingerprint density at radius 2 is 2.03 bits per heavy atom. The second kappa shape index (κ2) is 9.97. The molecule has 4 atom stereocenters. The van der Waals surface area contributed by atoms with E-state index in [4.69, 9.17) is 20.2 Å². The van der Waals surface area contributed by atoms with Crippen LogP contribution in [0.5, 0.6) is 5.88 Å². The molecular formula is C27H38N4O4. The molecule has 2 saturated heterocycles. The van der Waals surface area contributed by atoms with Gasteiger partial charge >= 0.3 is 0 Å². The Balaban J connectivity index is 1.48. The molecule has 5 rings (SSSR count). The minimum Gasteiger partial charge on any atom is -0.473 e. The van der Waals surface area contributed by atoms with E-state index in [1.54, 1.807) is 0 Å². The minimum atomic E-state index is -0.681. The molecule has 1 aromatic rings. The van der Waals surface area contributed by atoms with Gasteiger partial charge in [-0.05, 0) is 71.9 Å². The molecule has 0 unspecified atom stereocenters. The van der Waals surface area contributed by atoms with Crippen molar-refractivity contribution in [2.24, 2.45) is 11.1 Å². The number of ketones is 2. The molecule has 1 spiro atoms. The third-order valence-corrected chi connectivity index (χ3v) is 8.64. The van der Waals surface area contributed by atoms with Crippen LogP contribution in [-0.2, 0) is 9.53 Å². The predicted molar refractivity (Wildman–Crippen MR) is 131 cm³/mol. The summed E-state index contributed by atoms with van der Waals surface area (Å²) in [5.41, 5.74) is 7.69. The number of carbonyl (C=O) groups is 2. The number of hydrogen-bond donors (Lipinski definition) is 1. The average molecular weight is 483 g/mol. The van der Waals surface area contributed by atoms with Gasteiger partial charge in [0.05, 0.1) is 17.7 Å². The number of nitrogens with two attached hydrogens (primary N) is 1. The summed E-state index contributed by atoms with van der Waals surface area (Å²) < 4.78 is 11.9. The number of rotatable bonds is 6. The summed E-state index contributed by atoms with van der Waals surface area (Å²) >= 11 is 0. The van der Waals surface area contributed by atoms with Crippen LogP contribution in [0, 0.1) is 5.41 Å².